The van der Waals surface area contributed by atoms with Crippen molar-refractivity contribution in [2.24, 2.45) is 0 Å². The summed E-state index contributed by atoms with van der Waals surface area (Å²) in [6.07, 6.45) is -4.68. The molecular weight excluding hydrogens is 309 g/mol. The lowest BCUT2D eigenvalue weighted by molar-refractivity contribution is -0.145. The molecule has 0 saturated heterocycles. The molecule has 0 bridgehead atoms. The van der Waals surface area contributed by atoms with Gasteiger partial charge in [-0.2, -0.15) is 13.2 Å². The standard InChI is InChI=1S/C10H9F3N6OS/c1-15-5-3-7(19-8(17-5)10(11,12)13)21-9-16-4(14)2-6(20)18-9/h2-3H,1H3,(H,15,17,19)(H3,14,16,18,20). The summed E-state index contributed by atoms with van der Waals surface area (Å²) in [4.78, 5) is 24.1. The van der Waals surface area contributed by atoms with Crippen LogP contribution in [0, 0.1) is 0 Å². The lowest BCUT2D eigenvalue weighted by Gasteiger charge is -2.09. The number of nitrogens with one attached hydrogen (secondary N) is 2. The first-order chi connectivity index (χ1) is 9.77. The fourth-order valence-electron chi connectivity index (χ4n) is 1.33. The van der Waals surface area contributed by atoms with Crippen LogP contribution < -0.4 is 16.6 Å². The minimum absolute atomic E-state index is 0.00826. The van der Waals surface area contributed by atoms with Crippen LogP contribution in [-0.2, 0) is 6.18 Å². The van der Waals surface area contributed by atoms with E-state index in [9.17, 15) is 18.0 Å². The largest absolute Gasteiger partial charge is 0.451 e. The smallest absolute Gasteiger partial charge is 0.383 e. The van der Waals surface area contributed by atoms with Gasteiger partial charge >= 0.3 is 6.18 Å². The number of alkyl halides is 3. The van der Waals surface area contributed by atoms with Crippen molar-refractivity contribution < 1.29 is 13.2 Å². The number of nitrogens with zero attached hydrogens (tertiary/aromatic N) is 3. The summed E-state index contributed by atoms with van der Waals surface area (Å²) >= 11 is 0.738. The molecule has 2 aromatic heterocycles. The highest BCUT2D eigenvalue weighted by molar-refractivity contribution is 7.99. The number of H-pyrrole nitrogens is 1. The van der Waals surface area contributed by atoms with Gasteiger partial charge in [-0.25, -0.2) is 15.0 Å². The quantitative estimate of drug-likeness (QED) is 0.579. The Balaban J connectivity index is 2.41. The second-order valence-electron chi connectivity index (χ2n) is 3.74. The highest BCUT2D eigenvalue weighted by atomic mass is 32.2. The van der Waals surface area contributed by atoms with E-state index in [1.165, 1.54) is 13.1 Å². The Kier molecular flexibility index (Phi) is 4.02. The van der Waals surface area contributed by atoms with Crippen molar-refractivity contribution in [3.63, 3.8) is 0 Å². The van der Waals surface area contributed by atoms with Crippen LogP contribution in [0.15, 0.2) is 27.1 Å². The molecule has 0 aromatic carbocycles. The summed E-state index contributed by atoms with van der Waals surface area (Å²) in [6.45, 7) is 0. The zero-order chi connectivity index (χ0) is 15.6. The number of aromatic amines is 1. The SMILES string of the molecule is CNc1cc(Sc2nc(N)cc(=O)[nH]2)nc(C(F)(F)F)n1. The zero-order valence-corrected chi connectivity index (χ0v) is 11.3. The molecule has 11 heteroatoms. The number of aromatic nitrogens is 4. The molecule has 0 aliphatic carbocycles. The molecule has 2 rings (SSSR count). The number of nitrogens with two attached hydrogens (primary N) is 1. The van der Waals surface area contributed by atoms with Crippen LogP contribution in [0.4, 0.5) is 24.8 Å². The first-order valence-electron chi connectivity index (χ1n) is 5.46. The van der Waals surface area contributed by atoms with Crippen LogP contribution in [-0.4, -0.2) is 27.0 Å². The summed E-state index contributed by atoms with van der Waals surface area (Å²) in [6, 6.07) is 2.35. The highest BCUT2D eigenvalue weighted by Crippen LogP contribution is 2.31. The van der Waals surface area contributed by atoms with E-state index in [2.05, 4.69) is 25.3 Å². The average Bonchev–Trinajstić information content (AvgIpc) is 2.36. The van der Waals surface area contributed by atoms with Gasteiger partial charge in [-0.05, 0) is 11.8 Å². The molecular formula is C10H9F3N6OS. The van der Waals surface area contributed by atoms with E-state index in [0.717, 1.165) is 17.8 Å². The second-order valence-corrected chi connectivity index (χ2v) is 4.75. The molecule has 0 aliphatic rings. The molecule has 4 N–H and O–H groups in total. The summed E-state index contributed by atoms with van der Waals surface area (Å²) in [5.41, 5.74) is 4.89. The van der Waals surface area contributed by atoms with Gasteiger partial charge in [0, 0.05) is 19.2 Å². The van der Waals surface area contributed by atoms with Gasteiger partial charge < -0.3 is 16.0 Å². The molecule has 0 saturated carbocycles. The van der Waals surface area contributed by atoms with E-state index in [1.54, 1.807) is 0 Å². The van der Waals surface area contributed by atoms with Crippen molar-refractivity contribution in [2.75, 3.05) is 18.1 Å². The van der Waals surface area contributed by atoms with E-state index in [1.807, 2.05) is 0 Å². The fraction of sp³-hybridized carbons (Fsp3) is 0.200. The lowest BCUT2D eigenvalue weighted by atomic mass is 10.5. The fourth-order valence-corrected chi connectivity index (χ4v) is 2.14. The van der Waals surface area contributed by atoms with E-state index in [4.69, 9.17) is 5.73 Å². The zero-order valence-electron chi connectivity index (χ0n) is 10.5. The third-order valence-corrected chi connectivity index (χ3v) is 2.96. The van der Waals surface area contributed by atoms with E-state index < -0.39 is 17.6 Å². The van der Waals surface area contributed by atoms with E-state index in [-0.39, 0.29) is 21.8 Å². The molecule has 0 atom stereocenters. The number of nitrogen functional groups attached to an aromatic ring is 1. The monoisotopic (exact) mass is 318 g/mol. The first kappa shape index (κ1) is 15.1. The maximum absolute atomic E-state index is 12.7. The van der Waals surface area contributed by atoms with Gasteiger partial charge in [0.2, 0.25) is 5.82 Å². The number of hydrogen-bond acceptors (Lipinski definition) is 7. The summed E-state index contributed by atoms with van der Waals surface area (Å²) in [5.74, 6) is -1.34. The Hall–Kier alpha value is -2.30. The van der Waals surface area contributed by atoms with Crippen LogP contribution >= 0.6 is 11.8 Å². The number of rotatable bonds is 3. The van der Waals surface area contributed by atoms with E-state index >= 15 is 0 Å². The van der Waals surface area contributed by atoms with Gasteiger partial charge in [0.1, 0.15) is 16.7 Å². The van der Waals surface area contributed by atoms with Crippen LogP contribution in [0.1, 0.15) is 5.82 Å². The average molecular weight is 318 g/mol. The minimum Gasteiger partial charge on any atom is -0.383 e. The lowest BCUT2D eigenvalue weighted by Crippen LogP contribution is -2.13. The maximum atomic E-state index is 12.7. The molecule has 2 heterocycles. The van der Waals surface area contributed by atoms with Crippen molar-refractivity contribution in [1.29, 1.82) is 0 Å². The molecule has 0 spiro atoms. The molecule has 0 amide bonds. The molecule has 112 valence electrons. The molecule has 21 heavy (non-hydrogen) atoms. The highest BCUT2D eigenvalue weighted by Gasteiger charge is 2.35. The summed E-state index contributed by atoms with van der Waals surface area (Å²) < 4.78 is 38.1. The normalized spacial score (nSPS) is 11.4. The Bertz CT molecular complexity index is 717. The maximum Gasteiger partial charge on any atom is 0.451 e. The van der Waals surface area contributed by atoms with Gasteiger partial charge in [0.15, 0.2) is 5.16 Å². The molecule has 0 aliphatic heterocycles. The Morgan fingerprint density at radius 2 is 2.00 bits per heavy atom. The van der Waals surface area contributed by atoms with Crippen LogP contribution in [0.3, 0.4) is 0 Å². The third kappa shape index (κ3) is 3.84. The van der Waals surface area contributed by atoms with Gasteiger partial charge in [-0.1, -0.05) is 0 Å². The predicted octanol–water partition coefficient (Wildman–Crippen LogP) is 1.35. The van der Waals surface area contributed by atoms with Crippen molar-refractivity contribution in [3.05, 3.63) is 28.3 Å². The van der Waals surface area contributed by atoms with Gasteiger partial charge in [-0.3, -0.25) is 4.79 Å². The van der Waals surface area contributed by atoms with Crippen molar-refractivity contribution in [1.82, 2.24) is 19.9 Å². The molecule has 0 unspecified atom stereocenters. The Morgan fingerprint density at radius 1 is 1.29 bits per heavy atom. The number of anilines is 2. The number of hydrogen-bond donors (Lipinski definition) is 3. The van der Waals surface area contributed by atoms with Gasteiger partial charge in [0.05, 0.1) is 0 Å². The first-order valence-corrected chi connectivity index (χ1v) is 6.28. The predicted molar refractivity (Wildman–Crippen MR) is 70.0 cm³/mol. The Labute approximate surface area is 120 Å². The molecule has 0 fully saturated rings. The molecule has 7 nitrogen and oxygen atoms in total. The van der Waals surface area contributed by atoms with Crippen molar-refractivity contribution >= 4 is 23.4 Å². The van der Waals surface area contributed by atoms with Crippen LogP contribution in [0.5, 0.6) is 0 Å². The van der Waals surface area contributed by atoms with Crippen molar-refractivity contribution in [3.8, 4) is 0 Å². The van der Waals surface area contributed by atoms with Gasteiger partial charge in [0.25, 0.3) is 5.56 Å². The Morgan fingerprint density at radius 3 is 2.57 bits per heavy atom. The van der Waals surface area contributed by atoms with E-state index in [0.29, 0.717) is 0 Å². The minimum atomic E-state index is -4.68. The number of halogens is 3. The van der Waals surface area contributed by atoms with Gasteiger partial charge in [-0.15, -0.1) is 0 Å². The summed E-state index contributed by atoms with van der Waals surface area (Å²) in [7, 11) is 1.43. The molecule has 0 radical (unpaired) electrons. The third-order valence-electron chi connectivity index (χ3n) is 2.15. The summed E-state index contributed by atoms with van der Waals surface area (Å²) in [5, 5.41) is 2.51. The second kappa shape index (κ2) is 5.60. The van der Waals surface area contributed by atoms with Crippen LogP contribution in [0.25, 0.3) is 0 Å². The van der Waals surface area contributed by atoms with Crippen LogP contribution in [0.2, 0.25) is 0 Å². The topological polar surface area (TPSA) is 110 Å². The van der Waals surface area contributed by atoms with Crippen molar-refractivity contribution in [2.45, 2.75) is 16.4 Å². The molecule has 2 aromatic rings.